The molecule has 2 atom stereocenters. The molecule has 1 aliphatic rings. The van der Waals surface area contributed by atoms with Crippen LogP contribution in [-0.2, 0) is 4.79 Å². The van der Waals surface area contributed by atoms with Crippen molar-refractivity contribution in [3.8, 4) is 0 Å². The number of nitrogens with one attached hydrogen (secondary N) is 1. The highest BCUT2D eigenvalue weighted by Gasteiger charge is 2.24. The number of hydrogen-bond acceptors (Lipinski definition) is 2. The Balaban J connectivity index is 0.00000400. The summed E-state index contributed by atoms with van der Waals surface area (Å²) in [5.74, 6) is 2.61. The lowest BCUT2D eigenvalue weighted by Crippen LogP contribution is -2.40. The number of piperidine rings is 1. The second-order valence-corrected chi connectivity index (χ2v) is 7.37. The molecule has 2 unspecified atom stereocenters. The van der Waals surface area contributed by atoms with Gasteiger partial charge in [-0.3, -0.25) is 4.79 Å². The highest BCUT2D eigenvalue weighted by molar-refractivity contribution is 5.85. The third-order valence-corrected chi connectivity index (χ3v) is 4.16. The monoisotopic (exact) mass is 318 g/mol. The largest absolute Gasteiger partial charge is 0.342 e. The molecule has 1 saturated heterocycles. The molecule has 0 aromatic heterocycles. The van der Waals surface area contributed by atoms with Crippen LogP contribution in [-0.4, -0.2) is 37.0 Å². The van der Waals surface area contributed by atoms with Crippen molar-refractivity contribution >= 4 is 18.3 Å². The van der Waals surface area contributed by atoms with E-state index in [4.69, 9.17) is 0 Å². The Morgan fingerprint density at radius 3 is 2.14 bits per heavy atom. The summed E-state index contributed by atoms with van der Waals surface area (Å²) < 4.78 is 0. The Kier molecular flexibility index (Phi) is 10.3. The first-order valence-corrected chi connectivity index (χ1v) is 8.38. The van der Waals surface area contributed by atoms with Crippen molar-refractivity contribution in [3.63, 3.8) is 0 Å². The Morgan fingerprint density at radius 1 is 1.14 bits per heavy atom. The van der Waals surface area contributed by atoms with Gasteiger partial charge in [0.25, 0.3) is 0 Å². The molecule has 1 heterocycles. The molecule has 0 aromatic rings. The summed E-state index contributed by atoms with van der Waals surface area (Å²) in [4.78, 5) is 14.7. The highest BCUT2D eigenvalue weighted by Crippen LogP contribution is 2.23. The summed E-state index contributed by atoms with van der Waals surface area (Å²) in [5.41, 5.74) is 0. The van der Waals surface area contributed by atoms with Crippen LogP contribution in [0.15, 0.2) is 0 Å². The van der Waals surface area contributed by atoms with Gasteiger partial charge in [-0.05, 0) is 49.6 Å². The molecular formula is C17H35ClN2O. The standard InChI is InChI=1S/C17H34N2O.ClH/c1-13(2)11-19(12-14(3)4)17(20)9-15(5)16-7-6-8-18-10-16;/h13-16,18H,6-12H2,1-5H3;1H. The lowest BCUT2D eigenvalue weighted by atomic mass is 9.85. The van der Waals surface area contributed by atoms with Gasteiger partial charge in [0.05, 0.1) is 0 Å². The van der Waals surface area contributed by atoms with Crippen LogP contribution in [0.25, 0.3) is 0 Å². The van der Waals surface area contributed by atoms with E-state index in [0.29, 0.717) is 36.0 Å². The molecule has 3 nitrogen and oxygen atoms in total. The van der Waals surface area contributed by atoms with Crippen molar-refractivity contribution in [1.29, 1.82) is 0 Å². The normalized spacial score (nSPS) is 20.2. The Hall–Kier alpha value is -0.280. The van der Waals surface area contributed by atoms with Crippen LogP contribution in [0.5, 0.6) is 0 Å². The Bertz CT molecular complexity index is 279. The van der Waals surface area contributed by atoms with E-state index in [1.165, 1.54) is 12.8 Å². The third-order valence-electron chi connectivity index (χ3n) is 4.16. The van der Waals surface area contributed by atoms with Crippen LogP contribution < -0.4 is 5.32 Å². The predicted octanol–water partition coefficient (Wildman–Crippen LogP) is 3.57. The van der Waals surface area contributed by atoms with Gasteiger partial charge in [0.15, 0.2) is 0 Å². The quantitative estimate of drug-likeness (QED) is 0.778. The molecular weight excluding hydrogens is 284 g/mol. The summed E-state index contributed by atoms with van der Waals surface area (Å²) in [6.07, 6.45) is 3.24. The number of rotatable bonds is 7. The van der Waals surface area contributed by atoms with Gasteiger partial charge in [-0.15, -0.1) is 12.4 Å². The molecule has 1 aliphatic heterocycles. The van der Waals surface area contributed by atoms with E-state index >= 15 is 0 Å². The van der Waals surface area contributed by atoms with E-state index in [2.05, 4.69) is 44.8 Å². The SMILES string of the molecule is CC(C)CN(CC(C)C)C(=O)CC(C)C1CCCNC1.Cl. The molecule has 1 amide bonds. The molecule has 21 heavy (non-hydrogen) atoms. The van der Waals surface area contributed by atoms with Gasteiger partial charge in [0.1, 0.15) is 0 Å². The summed E-state index contributed by atoms with van der Waals surface area (Å²) in [6.45, 7) is 15.0. The lowest BCUT2D eigenvalue weighted by molar-refractivity contribution is -0.133. The minimum absolute atomic E-state index is 0. The van der Waals surface area contributed by atoms with Gasteiger partial charge in [-0.25, -0.2) is 0 Å². The maximum atomic E-state index is 12.6. The number of carbonyl (C=O) groups excluding carboxylic acids is 1. The van der Waals surface area contributed by atoms with Crippen LogP contribution in [0.1, 0.15) is 53.9 Å². The molecule has 0 radical (unpaired) electrons. The fraction of sp³-hybridized carbons (Fsp3) is 0.941. The van der Waals surface area contributed by atoms with Gasteiger partial charge in [-0.1, -0.05) is 34.6 Å². The minimum Gasteiger partial charge on any atom is -0.342 e. The van der Waals surface area contributed by atoms with Gasteiger partial charge in [-0.2, -0.15) is 0 Å². The zero-order chi connectivity index (χ0) is 15.1. The van der Waals surface area contributed by atoms with Gasteiger partial charge in [0.2, 0.25) is 5.91 Å². The van der Waals surface area contributed by atoms with Crippen molar-refractivity contribution < 1.29 is 4.79 Å². The summed E-state index contributed by atoms with van der Waals surface area (Å²) in [7, 11) is 0. The van der Waals surface area contributed by atoms with Gasteiger partial charge in [0, 0.05) is 19.5 Å². The Labute approximate surface area is 137 Å². The number of halogens is 1. The molecule has 0 bridgehead atoms. The van der Waals surface area contributed by atoms with Crippen LogP contribution in [0, 0.1) is 23.7 Å². The lowest BCUT2D eigenvalue weighted by Gasteiger charge is -2.31. The van der Waals surface area contributed by atoms with E-state index in [-0.39, 0.29) is 12.4 Å². The highest BCUT2D eigenvalue weighted by atomic mass is 35.5. The minimum atomic E-state index is 0. The number of amides is 1. The van der Waals surface area contributed by atoms with E-state index in [9.17, 15) is 4.79 Å². The number of carbonyl (C=O) groups is 1. The summed E-state index contributed by atoms with van der Waals surface area (Å²) in [6, 6.07) is 0. The first-order chi connectivity index (χ1) is 9.40. The number of nitrogens with zero attached hydrogens (tertiary/aromatic N) is 1. The summed E-state index contributed by atoms with van der Waals surface area (Å²) >= 11 is 0. The summed E-state index contributed by atoms with van der Waals surface area (Å²) in [5, 5.41) is 3.46. The molecule has 126 valence electrons. The fourth-order valence-electron chi connectivity index (χ4n) is 3.10. The smallest absolute Gasteiger partial charge is 0.222 e. The van der Waals surface area contributed by atoms with Crippen molar-refractivity contribution in [2.45, 2.75) is 53.9 Å². The van der Waals surface area contributed by atoms with Gasteiger partial charge < -0.3 is 10.2 Å². The van der Waals surface area contributed by atoms with Crippen molar-refractivity contribution in [2.75, 3.05) is 26.2 Å². The van der Waals surface area contributed by atoms with Crippen molar-refractivity contribution in [3.05, 3.63) is 0 Å². The zero-order valence-electron chi connectivity index (χ0n) is 14.5. The molecule has 0 aliphatic carbocycles. The maximum Gasteiger partial charge on any atom is 0.222 e. The molecule has 0 aromatic carbocycles. The maximum absolute atomic E-state index is 12.6. The fourth-order valence-corrected chi connectivity index (χ4v) is 3.10. The van der Waals surface area contributed by atoms with Crippen molar-refractivity contribution in [1.82, 2.24) is 10.2 Å². The molecule has 1 rings (SSSR count). The van der Waals surface area contributed by atoms with E-state index in [0.717, 1.165) is 26.2 Å². The van der Waals surface area contributed by atoms with E-state index < -0.39 is 0 Å². The first-order valence-electron chi connectivity index (χ1n) is 8.38. The average molecular weight is 319 g/mol. The number of hydrogen-bond donors (Lipinski definition) is 1. The first kappa shape index (κ1) is 20.7. The average Bonchev–Trinajstić information content (AvgIpc) is 2.37. The second-order valence-electron chi connectivity index (χ2n) is 7.37. The molecule has 0 spiro atoms. The molecule has 4 heteroatoms. The van der Waals surface area contributed by atoms with Crippen LogP contribution >= 0.6 is 12.4 Å². The third kappa shape index (κ3) is 8.06. The van der Waals surface area contributed by atoms with Crippen LogP contribution in [0.4, 0.5) is 0 Å². The molecule has 1 N–H and O–H groups in total. The molecule has 0 saturated carbocycles. The Morgan fingerprint density at radius 2 is 1.71 bits per heavy atom. The second kappa shape index (κ2) is 10.4. The van der Waals surface area contributed by atoms with Crippen LogP contribution in [0.2, 0.25) is 0 Å². The van der Waals surface area contributed by atoms with E-state index in [1.807, 2.05) is 0 Å². The van der Waals surface area contributed by atoms with Crippen LogP contribution in [0.3, 0.4) is 0 Å². The zero-order valence-corrected chi connectivity index (χ0v) is 15.3. The topological polar surface area (TPSA) is 32.3 Å². The predicted molar refractivity (Wildman–Crippen MR) is 92.9 cm³/mol. The van der Waals surface area contributed by atoms with Crippen molar-refractivity contribution in [2.24, 2.45) is 23.7 Å². The van der Waals surface area contributed by atoms with E-state index in [1.54, 1.807) is 0 Å². The molecule has 1 fully saturated rings. The van der Waals surface area contributed by atoms with Gasteiger partial charge >= 0.3 is 0 Å².